The number of anilines is 1. The van der Waals surface area contributed by atoms with Gasteiger partial charge in [0.1, 0.15) is 5.75 Å². The van der Waals surface area contributed by atoms with Crippen molar-refractivity contribution in [2.45, 2.75) is 45.6 Å². The van der Waals surface area contributed by atoms with Gasteiger partial charge in [-0.25, -0.2) is 0 Å². The van der Waals surface area contributed by atoms with Crippen molar-refractivity contribution in [1.82, 2.24) is 4.90 Å². The van der Waals surface area contributed by atoms with E-state index in [-0.39, 0.29) is 17.9 Å². The van der Waals surface area contributed by atoms with Crippen LogP contribution in [0.1, 0.15) is 57.5 Å². The lowest BCUT2D eigenvalue weighted by Crippen LogP contribution is -2.45. The zero-order chi connectivity index (χ0) is 19.7. The maximum atomic E-state index is 13.2. The highest BCUT2D eigenvalue weighted by Crippen LogP contribution is 2.31. The Morgan fingerprint density at radius 3 is 2.64 bits per heavy atom. The van der Waals surface area contributed by atoms with Crippen LogP contribution in [0.3, 0.4) is 0 Å². The lowest BCUT2D eigenvalue weighted by atomic mass is 9.97. The molecule has 2 aromatic rings. The molecule has 0 aliphatic carbocycles. The fourth-order valence-electron chi connectivity index (χ4n) is 4.24. The standard InChI is InChI=1S/C23H26N2O3/c1-15-11-16(2)13-17(12-15)22(26)24-18-6-7-21-20(14-18)23(27)25-9-4-3-5-19(25)8-10-28-21/h6-7,11-14,19H,3-5,8-10H2,1-2H3,(H,24,26). The minimum atomic E-state index is -0.179. The highest BCUT2D eigenvalue weighted by atomic mass is 16.5. The third-order valence-corrected chi connectivity index (χ3v) is 5.55. The van der Waals surface area contributed by atoms with Gasteiger partial charge in [0.15, 0.2) is 0 Å². The Balaban J connectivity index is 1.60. The number of rotatable bonds is 2. The quantitative estimate of drug-likeness (QED) is 0.846. The second-order valence-electron chi connectivity index (χ2n) is 7.83. The van der Waals surface area contributed by atoms with E-state index in [9.17, 15) is 9.59 Å². The van der Waals surface area contributed by atoms with Gasteiger partial charge in [-0.3, -0.25) is 9.59 Å². The molecule has 5 nitrogen and oxygen atoms in total. The molecule has 1 atom stereocenters. The van der Waals surface area contributed by atoms with E-state index in [4.69, 9.17) is 4.74 Å². The highest BCUT2D eigenvalue weighted by molar-refractivity contribution is 6.06. The van der Waals surface area contributed by atoms with E-state index in [1.807, 2.05) is 36.9 Å². The Hall–Kier alpha value is -2.82. The molecule has 1 saturated heterocycles. The predicted octanol–water partition coefficient (Wildman–Crippen LogP) is 4.33. The van der Waals surface area contributed by atoms with Gasteiger partial charge in [0.25, 0.3) is 11.8 Å². The molecule has 5 heteroatoms. The molecule has 146 valence electrons. The lowest BCUT2D eigenvalue weighted by Gasteiger charge is -2.37. The molecule has 2 heterocycles. The Morgan fingerprint density at radius 2 is 1.86 bits per heavy atom. The molecule has 4 rings (SSSR count). The van der Waals surface area contributed by atoms with E-state index < -0.39 is 0 Å². The van der Waals surface area contributed by atoms with Crippen LogP contribution in [0.4, 0.5) is 5.69 Å². The summed E-state index contributed by atoms with van der Waals surface area (Å²) in [5.41, 5.74) is 3.84. The van der Waals surface area contributed by atoms with Crippen molar-refractivity contribution in [2.75, 3.05) is 18.5 Å². The number of piperidine rings is 1. The molecule has 2 amide bonds. The second-order valence-corrected chi connectivity index (χ2v) is 7.83. The van der Waals surface area contributed by atoms with Crippen LogP contribution in [0.5, 0.6) is 5.75 Å². The van der Waals surface area contributed by atoms with E-state index in [0.717, 1.165) is 43.4 Å². The molecule has 0 saturated carbocycles. The molecule has 0 bridgehead atoms. The van der Waals surface area contributed by atoms with Gasteiger partial charge < -0.3 is 15.0 Å². The van der Waals surface area contributed by atoms with Crippen LogP contribution in [-0.2, 0) is 0 Å². The summed E-state index contributed by atoms with van der Waals surface area (Å²) in [5.74, 6) is 0.419. The van der Waals surface area contributed by atoms with Crippen molar-refractivity contribution >= 4 is 17.5 Å². The molecule has 1 fully saturated rings. The molecular formula is C23H26N2O3. The van der Waals surface area contributed by atoms with E-state index >= 15 is 0 Å². The average Bonchev–Trinajstić information content (AvgIpc) is 2.67. The van der Waals surface area contributed by atoms with Crippen LogP contribution >= 0.6 is 0 Å². The summed E-state index contributed by atoms with van der Waals surface area (Å²) in [7, 11) is 0. The van der Waals surface area contributed by atoms with Crippen LogP contribution in [0, 0.1) is 13.8 Å². The van der Waals surface area contributed by atoms with E-state index in [2.05, 4.69) is 5.32 Å². The predicted molar refractivity (Wildman–Crippen MR) is 109 cm³/mol. The summed E-state index contributed by atoms with van der Waals surface area (Å²) >= 11 is 0. The number of nitrogens with zero attached hydrogens (tertiary/aromatic N) is 1. The smallest absolute Gasteiger partial charge is 0.257 e. The Labute approximate surface area is 165 Å². The van der Waals surface area contributed by atoms with Gasteiger partial charge in [0.2, 0.25) is 0 Å². The topological polar surface area (TPSA) is 58.6 Å². The SMILES string of the molecule is Cc1cc(C)cc(C(=O)Nc2ccc3c(c2)C(=O)N2CCCCC2CCO3)c1. The third kappa shape index (κ3) is 3.75. The maximum Gasteiger partial charge on any atom is 0.257 e. The summed E-state index contributed by atoms with van der Waals surface area (Å²) in [4.78, 5) is 27.8. The van der Waals surface area contributed by atoms with Gasteiger partial charge in [-0.15, -0.1) is 0 Å². The van der Waals surface area contributed by atoms with E-state index in [0.29, 0.717) is 29.2 Å². The maximum absolute atomic E-state index is 13.2. The lowest BCUT2D eigenvalue weighted by molar-refractivity contribution is 0.0548. The highest BCUT2D eigenvalue weighted by Gasteiger charge is 2.31. The number of aryl methyl sites for hydroxylation is 2. The first kappa shape index (κ1) is 18.5. The van der Waals surface area contributed by atoms with Crippen molar-refractivity contribution in [3.8, 4) is 5.75 Å². The zero-order valence-electron chi connectivity index (χ0n) is 16.5. The van der Waals surface area contributed by atoms with Crippen molar-refractivity contribution in [3.05, 3.63) is 58.7 Å². The first-order valence-corrected chi connectivity index (χ1v) is 9.99. The van der Waals surface area contributed by atoms with Crippen molar-refractivity contribution in [1.29, 1.82) is 0 Å². The minimum absolute atomic E-state index is 0.00176. The molecule has 2 aliphatic rings. The number of carbonyl (C=O) groups is 2. The number of carbonyl (C=O) groups excluding carboxylic acids is 2. The molecule has 0 aromatic heterocycles. The molecule has 1 unspecified atom stereocenters. The largest absolute Gasteiger partial charge is 0.493 e. The van der Waals surface area contributed by atoms with Crippen molar-refractivity contribution in [2.24, 2.45) is 0 Å². The van der Waals surface area contributed by atoms with Crippen LogP contribution in [-0.4, -0.2) is 35.9 Å². The van der Waals surface area contributed by atoms with Crippen LogP contribution in [0.25, 0.3) is 0 Å². The molecular weight excluding hydrogens is 352 g/mol. The Kier molecular flexibility index (Phi) is 5.07. The second kappa shape index (κ2) is 7.66. The fraction of sp³-hybridized carbons (Fsp3) is 0.391. The van der Waals surface area contributed by atoms with Crippen LogP contribution < -0.4 is 10.1 Å². The number of amides is 2. The zero-order valence-corrected chi connectivity index (χ0v) is 16.5. The number of fused-ring (bicyclic) bond motifs is 2. The van der Waals surface area contributed by atoms with Gasteiger partial charge in [0, 0.05) is 30.3 Å². The molecule has 0 radical (unpaired) electrons. The summed E-state index contributed by atoms with van der Waals surface area (Å²) in [6.45, 7) is 5.35. The summed E-state index contributed by atoms with van der Waals surface area (Å²) in [5, 5.41) is 2.93. The summed E-state index contributed by atoms with van der Waals surface area (Å²) < 4.78 is 5.86. The van der Waals surface area contributed by atoms with Gasteiger partial charge >= 0.3 is 0 Å². The van der Waals surface area contributed by atoms with Crippen LogP contribution in [0.15, 0.2) is 36.4 Å². The first-order valence-electron chi connectivity index (χ1n) is 9.99. The molecule has 0 spiro atoms. The third-order valence-electron chi connectivity index (χ3n) is 5.55. The number of hydrogen-bond donors (Lipinski definition) is 1. The fourth-order valence-corrected chi connectivity index (χ4v) is 4.24. The Bertz CT molecular complexity index is 902. The average molecular weight is 378 g/mol. The summed E-state index contributed by atoms with van der Waals surface area (Å²) in [6, 6.07) is 11.3. The minimum Gasteiger partial charge on any atom is -0.493 e. The normalized spacial score (nSPS) is 19.0. The monoisotopic (exact) mass is 378 g/mol. The van der Waals surface area contributed by atoms with Crippen molar-refractivity contribution < 1.29 is 14.3 Å². The number of ether oxygens (including phenoxy) is 1. The van der Waals surface area contributed by atoms with E-state index in [1.54, 1.807) is 18.2 Å². The molecule has 2 aliphatic heterocycles. The number of nitrogens with one attached hydrogen (secondary N) is 1. The Morgan fingerprint density at radius 1 is 1.07 bits per heavy atom. The van der Waals surface area contributed by atoms with E-state index in [1.165, 1.54) is 0 Å². The number of hydrogen-bond acceptors (Lipinski definition) is 3. The van der Waals surface area contributed by atoms with Gasteiger partial charge in [-0.2, -0.15) is 0 Å². The molecule has 2 aromatic carbocycles. The first-order chi connectivity index (χ1) is 13.5. The van der Waals surface area contributed by atoms with Crippen LogP contribution in [0.2, 0.25) is 0 Å². The van der Waals surface area contributed by atoms with Gasteiger partial charge in [-0.05, 0) is 63.4 Å². The summed E-state index contributed by atoms with van der Waals surface area (Å²) in [6.07, 6.45) is 4.11. The number of benzene rings is 2. The molecule has 1 N–H and O–H groups in total. The van der Waals surface area contributed by atoms with Gasteiger partial charge in [-0.1, -0.05) is 17.2 Å². The van der Waals surface area contributed by atoms with Crippen molar-refractivity contribution in [3.63, 3.8) is 0 Å². The van der Waals surface area contributed by atoms with Gasteiger partial charge in [0.05, 0.1) is 12.2 Å². The molecule has 28 heavy (non-hydrogen) atoms.